The van der Waals surface area contributed by atoms with E-state index < -0.39 is 0 Å². The average molecular weight is 357 g/mol. The van der Waals surface area contributed by atoms with E-state index in [4.69, 9.17) is 9.47 Å². The summed E-state index contributed by atoms with van der Waals surface area (Å²) >= 11 is 0. The van der Waals surface area contributed by atoms with Crippen LogP contribution in [0.5, 0.6) is 0 Å². The first-order chi connectivity index (χ1) is 12.1. The number of esters is 2. The summed E-state index contributed by atoms with van der Waals surface area (Å²) in [4.78, 5) is 23.5. The van der Waals surface area contributed by atoms with Crippen LogP contribution in [0, 0.1) is 0 Å². The summed E-state index contributed by atoms with van der Waals surface area (Å²) in [5.41, 5.74) is 0. The Balaban J connectivity index is 3.66. The molecule has 0 aromatic rings. The van der Waals surface area contributed by atoms with Gasteiger partial charge in [0.1, 0.15) is 6.10 Å². The van der Waals surface area contributed by atoms with Crippen molar-refractivity contribution in [2.45, 2.75) is 117 Å². The molecule has 0 aliphatic carbocycles. The zero-order chi connectivity index (χ0) is 18.8. The van der Waals surface area contributed by atoms with Crippen molar-refractivity contribution in [2.75, 3.05) is 6.61 Å². The van der Waals surface area contributed by atoms with Gasteiger partial charge in [0.2, 0.25) is 0 Å². The topological polar surface area (TPSA) is 52.6 Å². The smallest absolute Gasteiger partial charge is 0.306 e. The monoisotopic (exact) mass is 356 g/mol. The molecule has 0 saturated heterocycles. The highest BCUT2D eigenvalue weighted by atomic mass is 16.5. The van der Waals surface area contributed by atoms with Crippen LogP contribution in [0.3, 0.4) is 0 Å². The van der Waals surface area contributed by atoms with Crippen LogP contribution in [0.4, 0.5) is 0 Å². The molecular weight excluding hydrogens is 316 g/mol. The van der Waals surface area contributed by atoms with Crippen molar-refractivity contribution in [3.05, 3.63) is 0 Å². The lowest BCUT2D eigenvalue weighted by atomic mass is 10.1. The van der Waals surface area contributed by atoms with E-state index in [1.807, 2.05) is 0 Å². The molecule has 0 aliphatic rings. The molecule has 0 saturated carbocycles. The fourth-order valence-electron chi connectivity index (χ4n) is 2.78. The highest BCUT2D eigenvalue weighted by Crippen LogP contribution is 2.13. The lowest BCUT2D eigenvalue weighted by Gasteiger charge is -2.16. The molecule has 0 amide bonds. The number of unbranched alkanes of at least 4 members (excludes halogenated alkanes) is 7. The van der Waals surface area contributed by atoms with E-state index in [9.17, 15) is 9.59 Å². The second kappa shape index (κ2) is 17.8. The maximum absolute atomic E-state index is 11.9. The van der Waals surface area contributed by atoms with E-state index in [-0.39, 0.29) is 30.9 Å². The van der Waals surface area contributed by atoms with E-state index in [2.05, 4.69) is 20.8 Å². The lowest BCUT2D eigenvalue weighted by Crippen LogP contribution is -2.19. The maximum Gasteiger partial charge on any atom is 0.306 e. The van der Waals surface area contributed by atoms with Gasteiger partial charge < -0.3 is 9.47 Å². The summed E-state index contributed by atoms with van der Waals surface area (Å²) < 4.78 is 10.7. The number of hydrogen-bond acceptors (Lipinski definition) is 4. The predicted octanol–water partition coefficient (Wildman–Crippen LogP) is 5.96. The third kappa shape index (κ3) is 16.2. The van der Waals surface area contributed by atoms with Crippen LogP contribution in [-0.4, -0.2) is 24.6 Å². The Hall–Kier alpha value is -1.06. The van der Waals surface area contributed by atoms with Crippen molar-refractivity contribution in [1.29, 1.82) is 0 Å². The SMILES string of the molecule is CCCCCCCCCOC(=O)CCC(=O)OC(CCC)CCCC. The minimum Gasteiger partial charge on any atom is -0.466 e. The molecule has 0 N–H and O–H groups in total. The van der Waals surface area contributed by atoms with E-state index in [0.717, 1.165) is 44.9 Å². The highest BCUT2D eigenvalue weighted by molar-refractivity contribution is 5.77. The van der Waals surface area contributed by atoms with Gasteiger partial charge in [0.25, 0.3) is 0 Å². The maximum atomic E-state index is 11.9. The third-order valence-electron chi connectivity index (χ3n) is 4.33. The average Bonchev–Trinajstić information content (AvgIpc) is 2.60. The van der Waals surface area contributed by atoms with Gasteiger partial charge in [-0.25, -0.2) is 0 Å². The highest BCUT2D eigenvalue weighted by Gasteiger charge is 2.15. The van der Waals surface area contributed by atoms with Gasteiger partial charge in [-0.3, -0.25) is 9.59 Å². The Labute approximate surface area is 155 Å². The van der Waals surface area contributed by atoms with Crippen LogP contribution in [-0.2, 0) is 19.1 Å². The zero-order valence-corrected chi connectivity index (χ0v) is 16.8. The minimum absolute atomic E-state index is 0.00109. The van der Waals surface area contributed by atoms with Gasteiger partial charge in [-0.15, -0.1) is 0 Å². The quantitative estimate of drug-likeness (QED) is 0.238. The first-order valence-corrected chi connectivity index (χ1v) is 10.5. The molecule has 0 aromatic carbocycles. The predicted molar refractivity (Wildman–Crippen MR) is 102 cm³/mol. The Kier molecular flexibility index (Phi) is 17.0. The van der Waals surface area contributed by atoms with Crippen LogP contribution in [0.1, 0.15) is 111 Å². The Morgan fingerprint density at radius 3 is 1.92 bits per heavy atom. The first-order valence-electron chi connectivity index (χ1n) is 10.5. The zero-order valence-electron chi connectivity index (χ0n) is 16.8. The fraction of sp³-hybridized carbons (Fsp3) is 0.905. The lowest BCUT2D eigenvalue weighted by molar-refractivity contribution is -0.154. The van der Waals surface area contributed by atoms with Gasteiger partial charge in [-0.2, -0.15) is 0 Å². The first kappa shape index (κ1) is 23.9. The molecule has 0 fully saturated rings. The summed E-state index contributed by atoms with van der Waals surface area (Å²) in [5.74, 6) is -0.564. The number of carbonyl (C=O) groups excluding carboxylic acids is 2. The van der Waals surface area contributed by atoms with Crippen molar-refractivity contribution in [3.63, 3.8) is 0 Å². The summed E-state index contributed by atoms with van der Waals surface area (Å²) in [5, 5.41) is 0. The van der Waals surface area contributed by atoms with Gasteiger partial charge in [0.15, 0.2) is 0 Å². The van der Waals surface area contributed by atoms with Crippen molar-refractivity contribution in [2.24, 2.45) is 0 Å². The third-order valence-corrected chi connectivity index (χ3v) is 4.33. The molecular formula is C21H40O4. The molecule has 0 heterocycles. The summed E-state index contributed by atoms with van der Waals surface area (Å²) in [6.45, 7) is 6.90. The molecule has 0 radical (unpaired) electrons. The van der Waals surface area contributed by atoms with E-state index >= 15 is 0 Å². The second-order valence-corrected chi connectivity index (χ2v) is 6.88. The van der Waals surface area contributed by atoms with Gasteiger partial charge in [0, 0.05) is 0 Å². The van der Waals surface area contributed by atoms with E-state index in [1.54, 1.807) is 0 Å². The Bertz CT molecular complexity index is 328. The number of ether oxygens (including phenoxy) is 2. The molecule has 0 rings (SSSR count). The van der Waals surface area contributed by atoms with Crippen LogP contribution in [0.15, 0.2) is 0 Å². The molecule has 4 nitrogen and oxygen atoms in total. The van der Waals surface area contributed by atoms with Crippen LogP contribution >= 0.6 is 0 Å². The molecule has 4 heteroatoms. The second-order valence-electron chi connectivity index (χ2n) is 6.88. The van der Waals surface area contributed by atoms with Crippen molar-refractivity contribution >= 4 is 11.9 Å². The fourth-order valence-corrected chi connectivity index (χ4v) is 2.78. The molecule has 1 unspecified atom stereocenters. The van der Waals surface area contributed by atoms with E-state index in [0.29, 0.717) is 6.61 Å². The number of rotatable bonds is 17. The molecule has 148 valence electrons. The summed E-state index contributed by atoms with van der Waals surface area (Å²) in [6.07, 6.45) is 13.6. The van der Waals surface area contributed by atoms with Gasteiger partial charge >= 0.3 is 11.9 Å². The molecule has 0 bridgehead atoms. The molecule has 1 atom stereocenters. The van der Waals surface area contributed by atoms with Gasteiger partial charge in [-0.1, -0.05) is 78.6 Å². The van der Waals surface area contributed by atoms with Gasteiger partial charge in [-0.05, 0) is 19.3 Å². The Morgan fingerprint density at radius 1 is 0.680 bits per heavy atom. The van der Waals surface area contributed by atoms with Crippen molar-refractivity contribution < 1.29 is 19.1 Å². The van der Waals surface area contributed by atoms with E-state index in [1.165, 1.54) is 32.1 Å². The van der Waals surface area contributed by atoms with Crippen molar-refractivity contribution in [1.82, 2.24) is 0 Å². The number of carbonyl (C=O) groups is 2. The molecule has 25 heavy (non-hydrogen) atoms. The number of hydrogen-bond donors (Lipinski definition) is 0. The largest absolute Gasteiger partial charge is 0.466 e. The van der Waals surface area contributed by atoms with Crippen LogP contribution in [0.25, 0.3) is 0 Å². The normalized spacial score (nSPS) is 12.0. The summed E-state index contributed by atoms with van der Waals surface area (Å²) in [6, 6.07) is 0. The molecule has 0 aromatic heterocycles. The van der Waals surface area contributed by atoms with Gasteiger partial charge in [0.05, 0.1) is 19.4 Å². The molecule has 0 spiro atoms. The Morgan fingerprint density at radius 2 is 1.28 bits per heavy atom. The minimum atomic E-state index is -0.288. The van der Waals surface area contributed by atoms with Crippen molar-refractivity contribution in [3.8, 4) is 0 Å². The van der Waals surface area contributed by atoms with Crippen LogP contribution in [0.2, 0.25) is 0 Å². The standard InChI is InChI=1S/C21H40O4/c1-4-7-9-10-11-12-13-18-24-20(22)16-17-21(23)25-19(14-6-3)15-8-5-2/h19H,4-18H2,1-3H3. The summed E-state index contributed by atoms with van der Waals surface area (Å²) in [7, 11) is 0. The molecule has 0 aliphatic heterocycles. The van der Waals surface area contributed by atoms with Crippen LogP contribution < -0.4 is 0 Å².